The molecule has 0 aliphatic carbocycles. The fourth-order valence-electron chi connectivity index (χ4n) is 2.45. The normalized spacial score (nSPS) is 10.4. The minimum atomic E-state index is -0.244. The monoisotopic (exact) mass is 351 g/mol. The van der Waals surface area contributed by atoms with Crippen LogP contribution in [0.15, 0.2) is 48.8 Å². The molecule has 0 saturated carbocycles. The molecule has 0 radical (unpaired) electrons. The zero-order valence-corrected chi connectivity index (χ0v) is 14.7. The van der Waals surface area contributed by atoms with E-state index in [4.69, 9.17) is 0 Å². The second kappa shape index (κ2) is 8.11. The molecule has 2 amide bonds. The summed E-state index contributed by atoms with van der Waals surface area (Å²) in [7, 11) is 0. The predicted octanol–water partition coefficient (Wildman–Crippen LogP) is 2.51. The van der Waals surface area contributed by atoms with Gasteiger partial charge in [0.05, 0.1) is 0 Å². The van der Waals surface area contributed by atoms with Crippen molar-refractivity contribution in [3.05, 3.63) is 60.4 Å². The number of imidazole rings is 1. The van der Waals surface area contributed by atoms with Crippen molar-refractivity contribution in [1.82, 2.24) is 24.8 Å². The maximum atomic E-state index is 11.8. The van der Waals surface area contributed by atoms with E-state index in [1.807, 2.05) is 61.0 Å². The Bertz CT molecular complexity index is 876. The number of rotatable bonds is 6. The van der Waals surface area contributed by atoms with Crippen LogP contribution >= 0.6 is 0 Å². The van der Waals surface area contributed by atoms with Crippen molar-refractivity contribution in [2.45, 2.75) is 13.8 Å². The van der Waals surface area contributed by atoms with Gasteiger partial charge < -0.3 is 16.0 Å². The van der Waals surface area contributed by atoms with Gasteiger partial charge in [0.25, 0.3) is 0 Å². The number of hydrogen-bond acceptors (Lipinski definition) is 5. The third kappa shape index (κ3) is 4.56. The molecule has 26 heavy (non-hydrogen) atoms. The maximum absolute atomic E-state index is 11.8. The van der Waals surface area contributed by atoms with Gasteiger partial charge in [-0.1, -0.05) is 18.2 Å². The molecule has 0 atom stereocenters. The van der Waals surface area contributed by atoms with Crippen LogP contribution in [0.25, 0.3) is 5.82 Å². The van der Waals surface area contributed by atoms with Gasteiger partial charge in [0.1, 0.15) is 23.3 Å². The number of hydrogen-bond donors (Lipinski definition) is 3. The van der Waals surface area contributed by atoms with Gasteiger partial charge in [-0.3, -0.25) is 4.57 Å². The number of aromatic nitrogens is 4. The number of nitrogens with zero attached hydrogens (tertiary/aromatic N) is 4. The Morgan fingerprint density at radius 2 is 1.92 bits per heavy atom. The molecule has 134 valence electrons. The number of carbonyl (C=O) groups excluding carboxylic acids is 1. The predicted molar refractivity (Wildman–Crippen MR) is 101 cm³/mol. The van der Waals surface area contributed by atoms with Crippen LogP contribution in [0, 0.1) is 13.8 Å². The van der Waals surface area contributed by atoms with Crippen molar-refractivity contribution in [3.63, 3.8) is 0 Å². The van der Waals surface area contributed by atoms with Crippen molar-refractivity contribution >= 4 is 17.5 Å². The summed E-state index contributed by atoms with van der Waals surface area (Å²) in [6.07, 6.45) is 3.59. The molecule has 0 saturated heterocycles. The summed E-state index contributed by atoms with van der Waals surface area (Å²) >= 11 is 0. The first-order valence-electron chi connectivity index (χ1n) is 8.31. The fourth-order valence-corrected chi connectivity index (χ4v) is 2.45. The van der Waals surface area contributed by atoms with E-state index in [0.29, 0.717) is 24.7 Å². The van der Waals surface area contributed by atoms with Gasteiger partial charge in [-0.2, -0.15) is 0 Å². The molecule has 0 bridgehead atoms. The Balaban J connectivity index is 1.51. The molecule has 8 nitrogen and oxygen atoms in total. The first-order chi connectivity index (χ1) is 12.6. The zero-order valence-electron chi connectivity index (χ0n) is 14.7. The summed E-state index contributed by atoms with van der Waals surface area (Å²) in [4.78, 5) is 24.9. The van der Waals surface area contributed by atoms with E-state index in [-0.39, 0.29) is 6.03 Å². The van der Waals surface area contributed by atoms with Crippen LogP contribution in [0.3, 0.4) is 0 Å². The Morgan fingerprint density at radius 3 is 2.65 bits per heavy atom. The number of aryl methyl sites for hydroxylation is 2. The van der Waals surface area contributed by atoms with Gasteiger partial charge in [-0.25, -0.2) is 19.7 Å². The highest BCUT2D eigenvalue weighted by Gasteiger charge is 2.06. The largest absolute Gasteiger partial charge is 0.368 e. The second-order valence-corrected chi connectivity index (χ2v) is 5.68. The molecule has 3 aromatic rings. The van der Waals surface area contributed by atoms with Crippen molar-refractivity contribution in [2.75, 3.05) is 23.7 Å². The topological polar surface area (TPSA) is 96.8 Å². The maximum Gasteiger partial charge on any atom is 0.319 e. The molecule has 0 aliphatic heterocycles. The standard InChI is InChI=1S/C18H21N7O/c1-13-22-16(12-17(23-13)25-11-10-19-14(25)2)20-8-9-21-18(26)24-15-6-4-3-5-7-15/h3-7,10-12H,8-9H2,1-2H3,(H,20,22,23)(H2,21,24,26). The van der Waals surface area contributed by atoms with E-state index in [1.165, 1.54) is 0 Å². The highest BCUT2D eigenvalue weighted by Crippen LogP contribution is 2.12. The third-order valence-corrected chi connectivity index (χ3v) is 3.65. The van der Waals surface area contributed by atoms with Crippen LogP contribution in [0.4, 0.5) is 16.3 Å². The van der Waals surface area contributed by atoms with Crippen LogP contribution in [0.1, 0.15) is 11.6 Å². The van der Waals surface area contributed by atoms with Gasteiger partial charge in [-0.05, 0) is 26.0 Å². The molecule has 2 aromatic heterocycles. The molecular formula is C18H21N7O. The number of urea groups is 1. The lowest BCUT2D eigenvalue weighted by Crippen LogP contribution is -2.32. The Hall–Kier alpha value is -3.42. The van der Waals surface area contributed by atoms with Crippen molar-refractivity contribution in [1.29, 1.82) is 0 Å². The first kappa shape index (κ1) is 17.4. The van der Waals surface area contributed by atoms with E-state index < -0.39 is 0 Å². The highest BCUT2D eigenvalue weighted by molar-refractivity contribution is 5.89. The summed E-state index contributed by atoms with van der Waals surface area (Å²) in [5.41, 5.74) is 0.754. The molecule has 1 aromatic carbocycles. The van der Waals surface area contributed by atoms with Crippen LogP contribution in [-0.2, 0) is 0 Å². The summed E-state index contributed by atoms with van der Waals surface area (Å²) < 4.78 is 1.89. The molecule has 2 heterocycles. The van der Waals surface area contributed by atoms with E-state index in [1.54, 1.807) is 6.20 Å². The van der Waals surface area contributed by atoms with Gasteiger partial charge in [-0.15, -0.1) is 0 Å². The molecule has 0 fully saturated rings. The lowest BCUT2D eigenvalue weighted by atomic mass is 10.3. The van der Waals surface area contributed by atoms with E-state index in [0.717, 1.165) is 17.3 Å². The van der Waals surface area contributed by atoms with Gasteiger partial charge in [0, 0.05) is 37.2 Å². The lowest BCUT2D eigenvalue weighted by Gasteiger charge is -2.11. The molecule has 3 N–H and O–H groups in total. The second-order valence-electron chi connectivity index (χ2n) is 5.68. The summed E-state index contributed by atoms with van der Waals surface area (Å²) in [5, 5.41) is 8.77. The SMILES string of the molecule is Cc1nc(NCCNC(=O)Nc2ccccc2)cc(-n2ccnc2C)n1. The molecule has 0 spiro atoms. The van der Waals surface area contributed by atoms with Crippen LogP contribution in [0.5, 0.6) is 0 Å². The molecule has 3 rings (SSSR count). The van der Waals surface area contributed by atoms with Crippen molar-refractivity contribution < 1.29 is 4.79 Å². The quantitative estimate of drug-likeness (QED) is 0.593. The number of amides is 2. The number of anilines is 2. The first-order valence-corrected chi connectivity index (χ1v) is 8.31. The van der Waals surface area contributed by atoms with Crippen molar-refractivity contribution in [2.24, 2.45) is 0 Å². The van der Waals surface area contributed by atoms with Crippen LogP contribution < -0.4 is 16.0 Å². The van der Waals surface area contributed by atoms with E-state index >= 15 is 0 Å². The number of carbonyl (C=O) groups is 1. The Kier molecular flexibility index (Phi) is 5.43. The molecule has 8 heteroatoms. The number of para-hydroxylation sites is 1. The number of benzene rings is 1. The Labute approximate surface area is 151 Å². The lowest BCUT2D eigenvalue weighted by molar-refractivity contribution is 0.252. The van der Waals surface area contributed by atoms with Crippen molar-refractivity contribution in [3.8, 4) is 5.82 Å². The highest BCUT2D eigenvalue weighted by atomic mass is 16.2. The van der Waals surface area contributed by atoms with Gasteiger partial charge in [0.2, 0.25) is 0 Å². The summed E-state index contributed by atoms with van der Waals surface area (Å²) in [6, 6.07) is 10.9. The average Bonchev–Trinajstić information content (AvgIpc) is 3.05. The Morgan fingerprint density at radius 1 is 1.12 bits per heavy atom. The van der Waals surface area contributed by atoms with Gasteiger partial charge >= 0.3 is 6.03 Å². The van der Waals surface area contributed by atoms with Crippen LogP contribution in [0.2, 0.25) is 0 Å². The molecule has 0 aliphatic rings. The minimum Gasteiger partial charge on any atom is -0.368 e. The molecule has 0 unspecified atom stereocenters. The summed E-state index contributed by atoms with van der Waals surface area (Å²) in [6.45, 7) is 4.76. The summed E-state index contributed by atoms with van der Waals surface area (Å²) in [5.74, 6) is 2.97. The molecular weight excluding hydrogens is 330 g/mol. The van der Waals surface area contributed by atoms with Crippen LogP contribution in [-0.4, -0.2) is 38.6 Å². The van der Waals surface area contributed by atoms with Gasteiger partial charge in [0.15, 0.2) is 0 Å². The zero-order chi connectivity index (χ0) is 18.4. The van der Waals surface area contributed by atoms with E-state index in [9.17, 15) is 4.79 Å². The minimum absolute atomic E-state index is 0.244. The fraction of sp³-hybridized carbons (Fsp3) is 0.222. The third-order valence-electron chi connectivity index (χ3n) is 3.65. The smallest absolute Gasteiger partial charge is 0.319 e. The number of nitrogens with one attached hydrogen (secondary N) is 3. The average molecular weight is 351 g/mol. The van der Waals surface area contributed by atoms with E-state index in [2.05, 4.69) is 30.9 Å².